The second-order valence-electron chi connectivity index (χ2n) is 4.70. The third-order valence-corrected chi connectivity index (χ3v) is 3.46. The minimum atomic E-state index is -0.497. The van der Waals surface area contributed by atoms with Crippen LogP contribution in [0.5, 0.6) is 0 Å². The zero-order valence-corrected chi connectivity index (χ0v) is 10.3. The summed E-state index contributed by atoms with van der Waals surface area (Å²) in [4.78, 5) is 18.0. The molecule has 0 aromatic carbocycles. The molecule has 1 aliphatic carbocycles. The van der Waals surface area contributed by atoms with Crippen LogP contribution in [0, 0.1) is 16.0 Å². The predicted octanol–water partition coefficient (Wildman–Crippen LogP) is 1.96. The highest BCUT2D eigenvalue weighted by molar-refractivity contribution is 5.56. The Hall–Kier alpha value is -1.92. The van der Waals surface area contributed by atoms with Gasteiger partial charge in [0.05, 0.1) is 4.92 Å². The monoisotopic (exact) mass is 251 g/mol. The van der Waals surface area contributed by atoms with Crippen molar-refractivity contribution in [3.05, 3.63) is 16.3 Å². The molecule has 1 aliphatic rings. The van der Waals surface area contributed by atoms with Gasteiger partial charge in [0.1, 0.15) is 6.20 Å². The van der Waals surface area contributed by atoms with Gasteiger partial charge in [-0.1, -0.05) is 12.8 Å². The van der Waals surface area contributed by atoms with E-state index in [1.165, 1.54) is 12.8 Å². The van der Waals surface area contributed by atoms with Crippen LogP contribution in [0.15, 0.2) is 6.20 Å². The third kappa shape index (κ3) is 2.66. The van der Waals surface area contributed by atoms with E-state index in [0.29, 0.717) is 5.92 Å². The third-order valence-electron chi connectivity index (χ3n) is 3.46. The Balaban J connectivity index is 2.16. The smallest absolute Gasteiger partial charge is 0.329 e. The minimum Gasteiger partial charge on any atom is -0.368 e. The summed E-state index contributed by atoms with van der Waals surface area (Å²) in [6.45, 7) is 2.03. The normalized spacial score (nSPS) is 17.6. The van der Waals surface area contributed by atoms with Gasteiger partial charge in [0.15, 0.2) is 0 Å². The molecule has 1 saturated carbocycles. The van der Waals surface area contributed by atoms with E-state index in [1.54, 1.807) is 0 Å². The number of nitrogens with zero attached hydrogens (tertiary/aromatic N) is 3. The number of anilines is 2. The van der Waals surface area contributed by atoms with Crippen LogP contribution in [0.25, 0.3) is 0 Å². The van der Waals surface area contributed by atoms with Crippen LogP contribution in [0.2, 0.25) is 0 Å². The van der Waals surface area contributed by atoms with Gasteiger partial charge >= 0.3 is 5.69 Å². The second kappa shape index (κ2) is 5.16. The summed E-state index contributed by atoms with van der Waals surface area (Å²) in [5, 5.41) is 14.0. The van der Waals surface area contributed by atoms with E-state index in [4.69, 9.17) is 5.73 Å². The van der Waals surface area contributed by atoms with Crippen molar-refractivity contribution in [1.29, 1.82) is 0 Å². The number of nitro groups is 1. The van der Waals surface area contributed by atoms with Crippen LogP contribution in [-0.4, -0.2) is 20.9 Å². The maximum atomic E-state index is 10.9. The zero-order valence-electron chi connectivity index (χ0n) is 10.3. The molecule has 2 rings (SSSR count). The van der Waals surface area contributed by atoms with Gasteiger partial charge in [-0.25, -0.2) is 4.98 Å². The van der Waals surface area contributed by atoms with Crippen molar-refractivity contribution in [2.75, 3.05) is 11.1 Å². The molecule has 7 heteroatoms. The maximum absolute atomic E-state index is 10.9. The summed E-state index contributed by atoms with van der Waals surface area (Å²) in [6, 6.07) is 0.153. The standard InChI is InChI=1S/C11H17N5O2/c1-7(8-4-2-3-5-8)14-10-9(16(17)18)6-13-11(12)15-10/h6-8H,2-5H2,1H3,(H3,12,13,14,15). The molecule has 1 aromatic rings. The van der Waals surface area contributed by atoms with Crippen molar-refractivity contribution in [3.63, 3.8) is 0 Å². The highest BCUT2D eigenvalue weighted by Gasteiger charge is 2.25. The van der Waals surface area contributed by atoms with E-state index in [0.717, 1.165) is 19.0 Å². The topological polar surface area (TPSA) is 107 Å². The van der Waals surface area contributed by atoms with E-state index in [-0.39, 0.29) is 23.5 Å². The highest BCUT2D eigenvalue weighted by Crippen LogP contribution is 2.30. The van der Waals surface area contributed by atoms with Gasteiger partial charge in [0, 0.05) is 6.04 Å². The fraction of sp³-hybridized carbons (Fsp3) is 0.636. The van der Waals surface area contributed by atoms with Gasteiger partial charge in [0.25, 0.3) is 0 Å². The Morgan fingerprint density at radius 3 is 2.83 bits per heavy atom. The second-order valence-corrected chi connectivity index (χ2v) is 4.70. The summed E-state index contributed by atoms with van der Waals surface area (Å²) >= 11 is 0. The van der Waals surface area contributed by atoms with E-state index >= 15 is 0 Å². The lowest BCUT2D eigenvalue weighted by molar-refractivity contribution is -0.384. The Morgan fingerprint density at radius 1 is 1.56 bits per heavy atom. The van der Waals surface area contributed by atoms with E-state index in [1.807, 2.05) is 6.92 Å². The van der Waals surface area contributed by atoms with Gasteiger partial charge in [-0.2, -0.15) is 4.98 Å². The molecule has 1 fully saturated rings. The molecule has 0 amide bonds. The van der Waals surface area contributed by atoms with Crippen LogP contribution in [0.1, 0.15) is 32.6 Å². The Morgan fingerprint density at radius 2 is 2.22 bits per heavy atom. The molecule has 0 bridgehead atoms. The molecular weight excluding hydrogens is 234 g/mol. The first-order valence-corrected chi connectivity index (χ1v) is 6.11. The van der Waals surface area contributed by atoms with Crippen molar-refractivity contribution in [2.45, 2.75) is 38.6 Å². The number of nitrogens with two attached hydrogens (primary N) is 1. The van der Waals surface area contributed by atoms with Crippen LogP contribution in [0.3, 0.4) is 0 Å². The van der Waals surface area contributed by atoms with Crippen LogP contribution >= 0.6 is 0 Å². The molecule has 1 heterocycles. The Bertz CT molecular complexity index is 445. The summed E-state index contributed by atoms with van der Waals surface area (Å²) < 4.78 is 0. The van der Waals surface area contributed by atoms with Gasteiger partial charge in [0.2, 0.25) is 11.8 Å². The van der Waals surface area contributed by atoms with Crippen molar-refractivity contribution in [3.8, 4) is 0 Å². The van der Waals surface area contributed by atoms with Crippen molar-refractivity contribution in [1.82, 2.24) is 9.97 Å². The van der Waals surface area contributed by atoms with E-state index < -0.39 is 4.92 Å². The van der Waals surface area contributed by atoms with Gasteiger partial charge in [-0.15, -0.1) is 0 Å². The average Bonchev–Trinajstić information content (AvgIpc) is 2.81. The summed E-state index contributed by atoms with van der Waals surface area (Å²) in [5.41, 5.74) is 5.34. The van der Waals surface area contributed by atoms with E-state index in [9.17, 15) is 10.1 Å². The number of nitrogens with one attached hydrogen (secondary N) is 1. The quantitative estimate of drug-likeness (QED) is 0.625. The molecule has 98 valence electrons. The summed E-state index contributed by atoms with van der Waals surface area (Å²) in [5.74, 6) is 0.800. The molecule has 1 atom stereocenters. The molecule has 18 heavy (non-hydrogen) atoms. The molecule has 1 unspecified atom stereocenters. The predicted molar refractivity (Wildman–Crippen MR) is 68.1 cm³/mol. The van der Waals surface area contributed by atoms with Crippen LogP contribution in [-0.2, 0) is 0 Å². The molecule has 0 spiro atoms. The average molecular weight is 251 g/mol. The molecular formula is C11H17N5O2. The first-order chi connectivity index (χ1) is 8.58. The van der Waals surface area contributed by atoms with Crippen LogP contribution < -0.4 is 11.1 Å². The molecule has 1 aromatic heterocycles. The first-order valence-electron chi connectivity index (χ1n) is 6.11. The number of hydrogen-bond donors (Lipinski definition) is 2. The minimum absolute atomic E-state index is 0.0433. The fourth-order valence-electron chi connectivity index (χ4n) is 2.42. The number of nitrogen functional groups attached to an aromatic ring is 1. The summed E-state index contributed by atoms with van der Waals surface area (Å²) in [6.07, 6.45) is 5.91. The Labute approximate surface area is 105 Å². The first kappa shape index (κ1) is 12.5. The summed E-state index contributed by atoms with van der Waals surface area (Å²) in [7, 11) is 0. The maximum Gasteiger partial charge on any atom is 0.329 e. The van der Waals surface area contributed by atoms with Gasteiger partial charge in [-0.3, -0.25) is 10.1 Å². The fourth-order valence-corrected chi connectivity index (χ4v) is 2.42. The zero-order chi connectivity index (χ0) is 13.1. The number of rotatable bonds is 4. The lowest BCUT2D eigenvalue weighted by Gasteiger charge is -2.20. The largest absolute Gasteiger partial charge is 0.368 e. The highest BCUT2D eigenvalue weighted by atomic mass is 16.6. The number of hydrogen-bond acceptors (Lipinski definition) is 6. The van der Waals surface area contributed by atoms with Crippen molar-refractivity contribution >= 4 is 17.5 Å². The molecule has 0 radical (unpaired) electrons. The Kier molecular flexibility index (Phi) is 3.59. The molecule has 3 N–H and O–H groups in total. The van der Waals surface area contributed by atoms with Crippen molar-refractivity contribution in [2.24, 2.45) is 5.92 Å². The lowest BCUT2D eigenvalue weighted by Crippen LogP contribution is -2.25. The molecule has 0 aliphatic heterocycles. The lowest BCUT2D eigenvalue weighted by atomic mass is 10.00. The van der Waals surface area contributed by atoms with Gasteiger partial charge in [-0.05, 0) is 25.7 Å². The SMILES string of the molecule is CC(Nc1nc(N)ncc1[N+](=O)[O-])C1CCCC1. The molecule has 0 saturated heterocycles. The van der Waals surface area contributed by atoms with Crippen molar-refractivity contribution < 1.29 is 4.92 Å². The number of aromatic nitrogens is 2. The van der Waals surface area contributed by atoms with E-state index in [2.05, 4.69) is 15.3 Å². The van der Waals surface area contributed by atoms with Crippen LogP contribution in [0.4, 0.5) is 17.5 Å². The molecule has 7 nitrogen and oxygen atoms in total. The van der Waals surface area contributed by atoms with Gasteiger partial charge < -0.3 is 11.1 Å².